The fraction of sp³-hybridized carbons (Fsp3) is 0.312. The van der Waals surface area contributed by atoms with E-state index in [4.69, 9.17) is 16.3 Å². The zero-order chi connectivity index (χ0) is 14.4. The molecule has 0 aliphatic rings. The van der Waals surface area contributed by atoms with Gasteiger partial charge >= 0.3 is 0 Å². The van der Waals surface area contributed by atoms with Crippen LogP contribution in [0.3, 0.4) is 0 Å². The fourth-order valence-electron chi connectivity index (χ4n) is 1.83. The number of ether oxygens (including phenoxy) is 1. The third-order valence-corrected chi connectivity index (χ3v) is 3.38. The lowest BCUT2D eigenvalue weighted by atomic mass is 10.2. The van der Waals surface area contributed by atoms with Crippen LogP contribution in [0.4, 0.5) is 5.82 Å². The first-order chi connectivity index (χ1) is 9.70. The molecular weight excluding hydrogens is 272 g/mol. The standard InChI is InChI=1S/C16H19ClN2O/c1-3-8-18-16-13(5-4-9-19-16)11-20-14-6-7-15(17)12(2)10-14/h4-7,9-10H,3,8,11H2,1-2H3,(H,18,19). The molecule has 1 aromatic heterocycles. The summed E-state index contributed by atoms with van der Waals surface area (Å²) in [6, 6.07) is 9.62. The molecule has 0 atom stereocenters. The Bertz CT molecular complexity index is 572. The minimum atomic E-state index is 0.487. The van der Waals surface area contributed by atoms with Gasteiger partial charge in [0.15, 0.2) is 0 Å². The first-order valence-electron chi connectivity index (χ1n) is 6.77. The van der Waals surface area contributed by atoms with Crippen molar-refractivity contribution < 1.29 is 4.74 Å². The van der Waals surface area contributed by atoms with E-state index in [0.29, 0.717) is 6.61 Å². The van der Waals surface area contributed by atoms with Crippen LogP contribution in [0.15, 0.2) is 36.5 Å². The third-order valence-electron chi connectivity index (χ3n) is 2.96. The summed E-state index contributed by atoms with van der Waals surface area (Å²) in [6.07, 6.45) is 2.85. The number of anilines is 1. The second-order valence-corrected chi connectivity index (χ2v) is 5.04. The van der Waals surface area contributed by atoms with Crippen molar-refractivity contribution in [3.8, 4) is 5.75 Å². The lowest BCUT2D eigenvalue weighted by molar-refractivity contribution is 0.306. The molecule has 1 aromatic carbocycles. The second-order valence-electron chi connectivity index (χ2n) is 4.64. The van der Waals surface area contributed by atoms with E-state index in [1.807, 2.05) is 37.3 Å². The van der Waals surface area contributed by atoms with E-state index in [9.17, 15) is 0 Å². The minimum Gasteiger partial charge on any atom is -0.489 e. The number of benzene rings is 1. The molecule has 3 nitrogen and oxygen atoms in total. The van der Waals surface area contributed by atoms with Crippen molar-refractivity contribution in [2.24, 2.45) is 0 Å². The second kappa shape index (κ2) is 7.15. The fourth-order valence-corrected chi connectivity index (χ4v) is 1.94. The average Bonchev–Trinajstić information content (AvgIpc) is 2.47. The largest absolute Gasteiger partial charge is 0.489 e. The molecule has 0 amide bonds. The van der Waals surface area contributed by atoms with Gasteiger partial charge in [0.2, 0.25) is 0 Å². The van der Waals surface area contributed by atoms with Gasteiger partial charge in [-0.05, 0) is 43.2 Å². The monoisotopic (exact) mass is 290 g/mol. The van der Waals surface area contributed by atoms with Crippen LogP contribution >= 0.6 is 11.6 Å². The molecule has 0 bridgehead atoms. The van der Waals surface area contributed by atoms with Crippen LogP contribution in [0.25, 0.3) is 0 Å². The van der Waals surface area contributed by atoms with E-state index in [-0.39, 0.29) is 0 Å². The van der Waals surface area contributed by atoms with Crippen molar-refractivity contribution in [2.45, 2.75) is 26.9 Å². The van der Waals surface area contributed by atoms with Crippen molar-refractivity contribution in [2.75, 3.05) is 11.9 Å². The van der Waals surface area contributed by atoms with Gasteiger partial charge in [-0.1, -0.05) is 24.6 Å². The number of hydrogen-bond acceptors (Lipinski definition) is 3. The Labute approximate surface area is 124 Å². The minimum absolute atomic E-state index is 0.487. The van der Waals surface area contributed by atoms with Crippen molar-refractivity contribution in [1.29, 1.82) is 0 Å². The number of rotatable bonds is 6. The Kier molecular flexibility index (Phi) is 5.24. The molecule has 0 saturated carbocycles. The Morgan fingerprint density at radius 2 is 2.15 bits per heavy atom. The highest BCUT2D eigenvalue weighted by Crippen LogP contribution is 2.22. The van der Waals surface area contributed by atoms with Crippen LogP contribution in [0, 0.1) is 6.92 Å². The maximum atomic E-state index is 6.00. The van der Waals surface area contributed by atoms with Crippen LogP contribution in [0.5, 0.6) is 5.75 Å². The zero-order valence-corrected chi connectivity index (χ0v) is 12.6. The van der Waals surface area contributed by atoms with Crippen molar-refractivity contribution >= 4 is 17.4 Å². The highest BCUT2D eigenvalue weighted by molar-refractivity contribution is 6.31. The number of hydrogen-bond donors (Lipinski definition) is 1. The first-order valence-corrected chi connectivity index (χ1v) is 7.15. The Hall–Kier alpha value is -1.74. The highest BCUT2D eigenvalue weighted by atomic mass is 35.5. The Morgan fingerprint density at radius 1 is 1.30 bits per heavy atom. The number of aryl methyl sites for hydroxylation is 1. The van der Waals surface area contributed by atoms with Crippen LogP contribution in [-0.4, -0.2) is 11.5 Å². The van der Waals surface area contributed by atoms with Gasteiger partial charge in [0.1, 0.15) is 18.2 Å². The number of pyridine rings is 1. The molecule has 2 aromatic rings. The van der Waals surface area contributed by atoms with Gasteiger partial charge in [-0.3, -0.25) is 0 Å². The van der Waals surface area contributed by atoms with E-state index in [0.717, 1.165) is 40.7 Å². The quantitative estimate of drug-likeness (QED) is 0.854. The summed E-state index contributed by atoms with van der Waals surface area (Å²) >= 11 is 6.00. The average molecular weight is 291 g/mol. The Balaban J connectivity index is 2.04. The summed E-state index contributed by atoms with van der Waals surface area (Å²) in [5, 5.41) is 4.06. The first kappa shape index (κ1) is 14.7. The van der Waals surface area contributed by atoms with E-state index >= 15 is 0 Å². The normalized spacial score (nSPS) is 10.3. The van der Waals surface area contributed by atoms with E-state index in [1.54, 1.807) is 6.20 Å². The number of nitrogens with zero attached hydrogens (tertiary/aromatic N) is 1. The van der Waals surface area contributed by atoms with E-state index in [1.165, 1.54) is 0 Å². The summed E-state index contributed by atoms with van der Waals surface area (Å²) in [5.74, 6) is 1.71. The van der Waals surface area contributed by atoms with E-state index < -0.39 is 0 Å². The van der Waals surface area contributed by atoms with Crippen molar-refractivity contribution in [3.63, 3.8) is 0 Å². The maximum absolute atomic E-state index is 6.00. The molecule has 0 saturated heterocycles. The van der Waals surface area contributed by atoms with E-state index in [2.05, 4.69) is 17.2 Å². The van der Waals surface area contributed by atoms with Crippen LogP contribution < -0.4 is 10.1 Å². The number of aromatic nitrogens is 1. The molecule has 0 radical (unpaired) electrons. The molecular formula is C16H19ClN2O. The van der Waals surface area contributed by atoms with Crippen molar-refractivity contribution in [3.05, 3.63) is 52.7 Å². The summed E-state index contributed by atoms with van der Waals surface area (Å²) in [4.78, 5) is 4.35. The van der Waals surface area contributed by atoms with Crippen LogP contribution in [-0.2, 0) is 6.61 Å². The predicted octanol–water partition coefficient (Wildman–Crippen LogP) is 4.44. The molecule has 1 heterocycles. The van der Waals surface area contributed by atoms with Gasteiger partial charge in [-0.15, -0.1) is 0 Å². The molecule has 0 spiro atoms. The molecule has 0 fully saturated rings. The SMILES string of the molecule is CCCNc1ncccc1COc1ccc(Cl)c(C)c1. The third kappa shape index (κ3) is 3.87. The number of nitrogens with one attached hydrogen (secondary N) is 1. The summed E-state index contributed by atoms with van der Waals surface area (Å²) in [7, 11) is 0. The molecule has 4 heteroatoms. The lowest BCUT2D eigenvalue weighted by Crippen LogP contribution is -2.07. The van der Waals surface area contributed by atoms with Gasteiger partial charge in [0.25, 0.3) is 0 Å². The predicted molar refractivity (Wildman–Crippen MR) is 83.5 cm³/mol. The summed E-state index contributed by atoms with van der Waals surface area (Å²) in [6.45, 7) is 5.49. The molecule has 20 heavy (non-hydrogen) atoms. The zero-order valence-electron chi connectivity index (χ0n) is 11.8. The van der Waals surface area contributed by atoms with Gasteiger partial charge in [-0.25, -0.2) is 4.98 Å². The smallest absolute Gasteiger partial charge is 0.132 e. The maximum Gasteiger partial charge on any atom is 0.132 e. The molecule has 2 rings (SSSR count). The van der Waals surface area contributed by atoms with Crippen LogP contribution in [0.2, 0.25) is 5.02 Å². The summed E-state index contributed by atoms with van der Waals surface area (Å²) < 4.78 is 5.81. The van der Waals surface area contributed by atoms with Crippen LogP contribution in [0.1, 0.15) is 24.5 Å². The molecule has 1 N–H and O–H groups in total. The van der Waals surface area contributed by atoms with Gasteiger partial charge in [-0.2, -0.15) is 0 Å². The summed E-state index contributed by atoms with van der Waals surface area (Å²) in [5.41, 5.74) is 2.06. The van der Waals surface area contributed by atoms with Gasteiger partial charge in [0, 0.05) is 23.3 Å². The topological polar surface area (TPSA) is 34.2 Å². The molecule has 106 valence electrons. The molecule has 0 aliphatic carbocycles. The van der Waals surface area contributed by atoms with Gasteiger partial charge < -0.3 is 10.1 Å². The highest BCUT2D eigenvalue weighted by Gasteiger charge is 2.04. The number of halogens is 1. The van der Waals surface area contributed by atoms with Crippen molar-refractivity contribution in [1.82, 2.24) is 4.98 Å². The molecule has 0 aliphatic heterocycles. The van der Waals surface area contributed by atoms with Gasteiger partial charge in [0.05, 0.1) is 0 Å². The lowest BCUT2D eigenvalue weighted by Gasteiger charge is -2.12. The Morgan fingerprint density at radius 3 is 2.90 bits per heavy atom. The molecule has 0 unspecified atom stereocenters.